The van der Waals surface area contributed by atoms with Crippen molar-refractivity contribution in [3.8, 4) is 24.1 Å². The lowest BCUT2D eigenvalue weighted by atomic mass is 9.94. The summed E-state index contributed by atoms with van der Waals surface area (Å²) < 4.78 is 6.97. The molecule has 7 nitrogen and oxygen atoms in total. The first-order valence-corrected chi connectivity index (χ1v) is 11.8. The maximum Gasteiger partial charge on any atom is 0.254 e. The molecule has 1 aliphatic rings. The van der Waals surface area contributed by atoms with Crippen LogP contribution in [0, 0.1) is 26.7 Å². The van der Waals surface area contributed by atoms with Crippen molar-refractivity contribution in [2.75, 3.05) is 26.3 Å². The lowest BCUT2D eigenvalue weighted by molar-refractivity contribution is -0.0106. The molecule has 0 radical (unpaired) electrons. The highest BCUT2D eigenvalue weighted by Crippen LogP contribution is 2.31. The van der Waals surface area contributed by atoms with E-state index in [0.29, 0.717) is 30.9 Å². The molecule has 1 unspecified atom stereocenters. The topological polar surface area (TPSA) is 83.4 Å². The number of β-amino-alcohol motifs (C(OH)–C–C–N with tert-alkyl or cyclic N) is 1. The molecule has 3 aromatic heterocycles. The average molecular weight is 479 g/mol. The number of aromatic amines is 1. The fourth-order valence-corrected chi connectivity index (χ4v) is 4.24. The van der Waals surface area contributed by atoms with Gasteiger partial charge in [0.1, 0.15) is 5.65 Å². The van der Waals surface area contributed by atoms with Crippen molar-refractivity contribution in [2.24, 2.45) is 7.05 Å². The van der Waals surface area contributed by atoms with Gasteiger partial charge >= 0.3 is 0 Å². The molecule has 0 bridgehead atoms. The molecule has 0 aromatic carbocycles. The number of H-pyrrole nitrogens is 1. The molecular weight excluding hydrogens is 440 g/mol. The van der Waals surface area contributed by atoms with Gasteiger partial charge in [0.05, 0.1) is 17.8 Å². The smallest absolute Gasteiger partial charge is 0.254 e. The fourth-order valence-electron chi connectivity index (χ4n) is 4.24. The standard InChI is InChI=1S/C21H26N4O2.C5H10O.C2H2/c1-13-14(2)24(4)11-17(13)18-10-16-15(6-8-22-19(16)23-18)20(26)25-9-5-7-21(3,27)12-25;1-3-5-6-4-2;1-2/h6,8,10-11,27H,5,7,9,12H2,1-4H3,(H,22,23);3H,1,4-5H2,2H3;1-2H. The lowest BCUT2D eigenvalue weighted by Crippen LogP contribution is -2.48. The summed E-state index contributed by atoms with van der Waals surface area (Å²) in [6, 6.07) is 3.79. The molecular formula is C28H38N4O3. The van der Waals surface area contributed by atoms with Crippen LogP contribution in [0.2, 0.25) is 0 Å². The SMILES string of the molecule is C#C.C=CCOCC.Cc1c(-c2cc3c(C(=O)N4CCCC(C)(O)C4)ccnc3[nH]2)cn(C)c1C. The molecule has 4 rings (SSSR count). The summed E-state index contributed by atoms with van der Waals surface area (Å²) >= 11 is 0. The molecule has 2 N–H and O–H groups in total. The Morgan fingerprint density at radius 2 is 2.11 bits per heavy atom. The number of amides is 1. The zero-order valence-corrected chi connectivity index (χ0v) is 21.6. The van der Waals surface area contributed by atoms with Crippen LogP contribution >= 0.6 is 0 Å². The zero-order chi connectivity index (χ0) is 26.2. The highest BCUT2D eigenvalue weighted by molar-refractivity contribution is 6.06. The van der Waals surface area contributed by atoms with Gasteiger partial charge in [-0.1, -0.05) is 6.08 Å². The van der Waals surface area contributed by atoms with Crippen molar-refractivity contribution in [3.05, 3.63) is 54.0 Å². The number of aryl methyl sites for hydroxylation is 1. The second-order valence-corrected chi connectivity index (χ2v) is 8.94. The molecule has 1 saturated heterocycles. The maximum atomic E-state index is 13.1. The van der Waals surface area contributed by atoms with Crippen LogP contribution < -0.4 is 0 Å². The molecule has 35 heavy (non-hydrogen) atoms. The summed E-state index contributed by atoms with van der Waals surface area (Å²) in [6.07, 6.45) is 15.0. The van der Waals surface area contributed by atoms with Crippen molar-refractivity contribution in [3.63, 3.8) is 0 Å². The van der Waals surface area contributed by atoms with Gasteiger partial charge in [0.15, 0.2) is 0 Å². The predicted molar refractivity (Wildman–Crippen MR) is 142 cm³/mol. The number of hydrogen-bond donors (Lipinski definition) is 2. The number of hydrogen-bond acceptors (Lipinski definition) is 4. The molecule has 1 aliphatic heterocycles. The monoisotopic (exact) mass is 478 g/mol. The van der Waals surface area contributed by atoms with Crippen LogP contribution in [-0.2, 0) is 11.8 Å². The van der Waals surface area contributed by atoms with Gasteiger partial charge in [-0.15, -0.1) is 19.4 Å². The minimum Gasteiger partial charge on any atom is -0.388 e. The Kier molecular flexibility index (Phi) is 9.88. The largest absolute Gasteiger partial charge is 0.388 e. The number of terminal acetylenes is 1. The van der Waals surface area contributed by atoms with Crippen molar-refractivity contribution in [2.45, 2.75) is 46.1 Å². The Bertz CT molecular complexity index is 1170. The maximum absolute atomic E-state index is 13.1. The number of likely N-dealkylation sites (tertiary alicyclic amines) is 1. The molecule has 1 fully saturated rings. The van der Waals surface area contributed by atoms with E-state index in [4.69, 9.17) is 4.74 Å². The van der Waals surface area contributed by atoms with Gasteiger partial charge in [-0.25, -0.2) is 4.98 Å². The van der Waals surface area contributed by atoms with Crippen molar-refractivity contribution < 1.29 is 14.6 Å². The number of ether oxygens (including phenoxy) is 1. The summed E-state index contributed by atoms with van der Waals surface area (Å²) in [7, 11) is 2.03. The molecule has 1 atom stereocenters. The highest BCUT2D eigenvalue weighted by Gasteiger charge is 2.32. The third kappa shape index (κ3) is 6.62. The average Bonchev–Trinajstić information content (AvgIpc) is 3.39. The highest BCUT2D eigenvalue weighted by atomic mass is 16.5. The number of pyridine rings is 1. The second kappa shape index (κ2) is 12.4. The van der Waals surface area contributed by atoms with Crippen LogP contribution in [-0.4, -0.2) is 62.4 Å². The minimum absolute atomic E-state index is 0.0473. The van der Waals surface area contributed by atoms with E-state index >= 15 is 0 Å². The van der Waals surface area contributed by atoms with Crippen LogP contribution in [0.4, 0.5) is 0 Å². The minimum atomic E-state index is -0.817. The van der Waals surface area contributed by atoms with Gasteiger partial charge in [0.25, 0.3) is 5.91 Å². The fraction of sp³-hybridized carbons (Fsp3) is 0.429. The number of aromatic nitrogens is 3. The lowest BCUT2D eigenvalue weighted by Gasteiger charge is -2.36. The van der Waals surface area contributed by atoms with Gasteiger partial charge in [-0.2, -0.15) is 0 Å². The van der Waals surface area contributed by atoms with Crippen molar-refractivity contribution in [1.29, 1.82) is 0 Å². The van der Waals surface area contributed by atoms with E-state index in [2.05, 4.69) is 54.0 Å². The van der Waals surface area contributed by atoms with Gasteiger partial charge in [-0.3, -0.25) is 4.79 Å². The normalized spacial score (nSPS) is 17.2. The number of fused-ring (bicyclic) bond motifs is 1. The summed E-state index contributed by atoms with van der Waals surface area (Å²) in [5.74, 6) is -0.0473. The molecule has 1 amide bonds. The summed E-state index contributed by atoms with van der Waals surface area (Å²) in [6.45, 7) is 13.9. The first-order valence-electron chi connectivity index (χ1n) is 11.8. The third-order valence-corrected chi connectivity index (χ3v) is 6.25. The zero-order valence-electron chi connectivity index (χ0n) is 21.6. The molecule has 0 spiro atoms. The quantitative estimate of drug-likeness (QED) is 0.318. The Morgan fingerprint density at radius 3 is 2.66 bits per heavy atom. The van der Waals surface area contributed by atoms with Gasteiger partial charge < -0.3 is 24.3 Å². The van der Waals surface area contributed by atoms with Crippen LogP contribution in [0.15, 0.2) is 37.2 Å². The molecule has 188 valence electrons. The van der Waals surface area contributed by atoms with Crippen LogP contribution in [0.5, 0.6) is 0 Å². The van der Waals surface area contributed by atoms with E-state index in [1.807, 2.05) is 20.0 Å². The van der Waals surface area contributed by atoms with Gasteiger partial charge in [0.2, 0.25) is 0 Å². The molecule has 0 aliphatic carbocycles. The van der Waals surface area contributed by atoms with E-state index in [1.165, 1.54) is 11.3 Å². The first-order chi connectivity index (χ1) is 16.7. The predicted octanol–water partition coefficient (Wildman–Crippen LogP) is 4.63. The van der Waals surface area contributed by atoms with E-state index in [1.54, 1.807) is 30.2 Å². The Hall–Kier alpha value is -3.34. The number of carbonyl (C=O) groups is 1. The number of carbonyl (C=O) groups excluding carboxylic acids is 1. The summed E-state index contributed by atoms with van der Waals surface area (Å²) in [5.41, 5.74) is 5.03. The van der Waals surface area contributed by atoms with E-state index in [9.17, 15) is 9.90 Å². The Morgan fingerprint density at radius 1 is 1.40 bits per heavy atom. The van der Waals surface area contributed by atoms with E-state index < -0.39 is 5.60 Å². The van der Waals surface area contributed by atoms with E-state index in [0.717, 1.165) is 36.1 Å². The summed E-state index contributed by atoms with van der Waals surface area (Å²) in [5, 5.41) is 11.2. The van der Waals surface area contributed by atoms with Gasteiger partial charge in [0, 0.05) is 61.5 Å². The molecule has 7 heteroatoms. The number of rotatable bonds is 5. The molecule has 3 aromatic rings. The number of nitrogens with zero attached hydrogens (tertiary/aromatic N) is 3. The number of aliphatic hydroxyl groups is 1. The first kappa shape index (κ1) is 27.9. The van der Waals surface area contributed by atoms with Gasteiger partial charge in [-0.05, 0) is 58.2 Å². The number of nitrogens with one attached hydrogen (secondary N) is 1. The second-order valence-electron chi connectivity index (χ2n) is 8.94. The Labute approximate surface area is 208 Å². The van der Waals surface area contributed by atoms with Crippen LogP contribution in [0.25, 0.3) is 22.3 Å². The van der Waals surface area contributed by atoms with Crippen molar-refractivity contribution >= 4 is 16.9 Å². The molecule has 4 heterocycles. The number of piperidine rings is 1. The summed E-state index contributed by atoms with van der Waals surface area (Å²) in [4.78, 5) is 22.7. The van der Waals surface area contributed by atoms with Crippen LogP contribution in [0.3, 0.4) is 0 Å². The Balaban J connectivity index is 0.000000474. The van der Waals surface area contributed by atoms with Crippen molar-refractivity contribution in [1.82, 2.24) is 19.4 Å². The molecule has 0 saturated carbocycles. The third-order valence-electron chi connectivity index (χ3n) is 6.25. The van der Waals surface area contributed by atoms with E-state index in [-0.39, 0.29) is 5.91 Å². The van der Waals surface area contributed by atoms with Crippen LogP contribution in [0.1, 0.15) is 48.3 Å².